The molecule has 1 N–H and O–H groups in total. The number of nitrogens with zero attached hydrogens (tertiary/aromatic N) is 5. The molecule has 0 aromatic carbocycles. The Hall–Kier alpha value is -2.51. The molecule has 1 aliphatic carbocycles. The van der Waals surface area contributed by atoms with Gasteiger partial charge in [-0.15, -0.1) is 0 Å². The second-order valence-corrected chi connectivity index (χ2v) is 5.81. The molecule has 4 rings (SSSR count). The standard InChI is InChI=1S/C14H16N6O2/c1-8-13-15-12(9-2-3-9)18-20(13)7-6-19(8)14(22)10-4-5-11(21)17-16-10/h4-5,8-9H,2-3,6-7H2,1H3,(H,17,21)/t8-/m1/s1. The molecule has 3 heterocycles. The number of fused-ring (bicyclic) bond motifs is 1. The minimum Gasteiger partial charge on any atom is -0.325 e. The average Bonchev–Trinajstić information content (AvgIpc) is 3.27. The van der Waals surface area contributed by atoms with E-state index in [1.807, 2.05) is 11.6 Å². The molecule has 0 spiro atoms. The van der Waals surface area contributed by atoms with E-state index >= 15 is 0 Å². The quantitative estimate of drug-likeness (QED) is 0.869. The third-order valence-corrected chi connectivity index (χ3v) is 4.21. The van der Waals surface area contributed by atoms with Crippen molar-refractivity contribution in [3.05, 3.63) is 39.8 Å². The normalized spacial score (nSPS) is 20.8. The highest BCUT2D eigenvalue weighted by atomic mass is 16.2. The van der Waals surface area contributed by atoms with Crippen LogP contribution in [0.4, 0.5) is 0 Å². The summed E-state index contributed by atoms with van der Waals surface area (Å²) in [5.41, 5.74) is -0.0844. The van der Waals surface area contributed by atoms with Gasteiger partial charge in [-0.05, 0) is 25.8 Å². The highest BCUT2D eigenvalue weighted by Crippen LogP contribution is 2.39. The molecule has 0 bridgehead atoms. The lowest BCUT2D eigenvalue weighted by Crippen LogP contribution is -2.42. The smallest absolute Gasteiger partial charge is 0.274 e. The van der Waals surface area contributed by atoms with Gasteiger partial charge in [0, 0.05) is 18.5 Å². The third kappa shape index (κ3) is 2.11. The molecule has 2 aliphatic rings. The largest absolute Gasteiger partial charge is 0.325 e. The first-order chi connectivity index (χ1) is 10.6. The minimum atomic E-state index is -0.322. The summed E-state index contributed by atoms with van der Waals surface area (Å²) < 4.78 is 1.91. The molecular weight excluding hydrogens is 284 g/mol. The fourth-order valence-electron chi connectivity index (χ4n) is 2.78. The Kier molecular flexibility index (Phi) is 2.85. The second kappa shape index (κ2) is 4.75. The Balaban J connectivity index is 1.61. The van der Waals surface area contributed by atoms with Crippen molar-refractivity contribution in [2.24, 2.45) is 0 Å². The van der Waals surface area contributed by atoms with Crippen LogP contribution in [0.1, 0.15) is 53.9 Å². The predicted molar refractivity (Wildman–Crippen MR) is 76.3 cm³/mol. The van der Waals surface area contributed by atoms with Crippen molar-refractivity contribution in [3.8, 4) is 0 Å². The van der Waals surface area contributed by atoms with E-state index in [0.29, 0.717) is 19.0 Å². The predicted octanol–water partition coefficient (Wildman–Crippen LogP) is 0.456. The zero-order valence-electron chi connectivity index (χ0n) is 12.2. The van der Waals surface area contributed by atoms with E-state index in [1.165, 1.54) is 12.1 Å². The van der Waals surface area contributed by atoms with Crippen LogP contribution in [0.25, 0.3) is 0 Å². The van der Waals surface area contributed by atoms with Crippen molar-refractivity contribution in [2.45, 2.75) is 38.3 Å². The summed E-state index contributed by atoms with van der Waals surface area (Å²) in [7, 11) is 0. The van der Waals surface area contributed by atoms with Gasteiger partial charge in [0.15, 0.2) is 5.82 Å². The van der Waals surface area contributed by atoms with E-state index < -0.39 is 0 Å². The van der Waals surface area contributed by atoms with Crippen LogP contribution in [-0.2, 0) is 6.54 Å². The van der Waals surface area contributed by atoms with Gasteiger partial charge in [0.2, 0.25) is 0 Å². The molecule has 1 atom stereocenters. The molecule has 1 saturated carbocycles. The first-order valence-electron chi connectivity index (χ1n) is 7.45. The van der Waals surface area contributed by atoms with Gasteiger partial charge in [0.05, 0.1) is 12.6 Å². The number of aromatic amines is 1. The summed E-state index contributed by atoms with van der Waals surface area (Å²) in [5.74, 6) is 2.02. The van der Waals surface area contributed by atoms with Crippen LogP contribution in [0.3, 0.4) is 0 Å². The number of hydrogen-bond donors (Lipinski definition) is 1. The SMILES string of the molecule is C[C@@H]1c2nc(C3CC3)nn2CCN1C(=O)c1ccc(=O)[nH]n1. The van der Waals surface area contributed by atoms with Gasteiger partial charge in [0.1, 0.15) is 11.5 Å². The first-order valence-corrected chi connectivity index (χ1v) is 7.45. The van der Waals surface area contributed by atoms with Crippen molar-refractivity contribution >= 4 is 5.91 Å². The van der Waals surface area contributed by atoms with Crippen LogP contribution in [0.15, 0.2) is 16.9 Å². The van der Waals surface area contributed by atoms with Crippen molar-refractivity contribution < 1.29 is 4.79 Å². The fourth-order valence-corrected chi connectivity index (χ4v) is 2.78. The van der Waals surface area contributed by atoms with Gasteiger partial charge in [-0.25, -0.2) is 14.8 Å². The molecule has 0 radical (unpaired) electrons. The van der Waals surface area contributed by atoms with Crippen molar-refractivity contribution in [1.29, 1.82) is 0 Å². The highest BCUT2D eigenvalue weighted by Gasteiger charge is 2.35. The number of hydrogen-bond acceptors (Lipinski definition) is 5. The second-order valence-electron chi connectivity index (χ2n) is 5.81. The summed E-state index contributed by atoms with van der Waals surface area (Å²) in [4.78, 5) is 30.0. The molecule has 0 saturated heterocycles. The Morgan fingerprint density at radius 1 is 1.32 bits per heavy atom. The van der Waals surface area contributed by atoms with Crippen LogP contribution in [0.2, 0.25) is 0 Å². The van der Waals surface area contributed by atoms with Crippen molar-refractivity contribution in [2.75, 3.05) is 6.54 Å². The Bertz CT molecular complexity index is 770. The Morgan fingerprint density at radius 2 is 2.14 bits per heavy atom. The zero-order chi connectivity index (χ0) is 15.3. The third-order valence-electron chi connectivity index (χ3n) is 4.21. The van der Waals surface area contributed by atoms with Gasteiger partial charge in [-0.3, -0.25) is 9.59 Å². The van der Waals surface area contributed by atoms with Gasteiger partial charge in [0.25, 0.3) is 11.5 Å². The molecule has 1 amide bonds. The van der Waals surface area contributed by atoms with E-state index in [-0.39, 0.29) is 23.2 Å². The summed E-state index contributed by atoms with van der Waals surface area (Å²) in [6, 6.07) is 2.60. The topological polar surface area (TPSA) is 96.8 Å². The number of aromatic nitrogens is 5. The summed E-state index contributed by atoms with van der Waals surface area (Å²) in [6.45, 7) is 3.13. The lowest BCUT2D eigenvalue weighted by Gasteiger charge is -2.32. The highest BCUT2D eigenvalue weighted by molar-refractivity contribution is 5.92. The molecule has 8 heteroatoms. The van der Waals surface area contributed by atoms with Gasteiger partial charge >= 0.3 is 0 Å². The van der Waals surface area contributed by atoms with E-state index in [0.717, 1.165) is 24.5 Å². The Morgan fingerprint density at radius 3 is 2.82 bits per heavy atom. The van der Waals surface area contributed by atoms with E-state index in [4.69, 9.17) is 0 Å². The van der Waals surface area contributed by atoms with Crippen LogP contribution < -0.4 is 5.56 Å². The average molecular weight is 300 g/mol. The molecule has 22 heavy (non-hydrogen) atoms. The maximum Gasteiger partial charge on any atom is 0.274 e. The number of carbonyl (C=O) groups is 1. The van der Waals surface area contributed by atoms with Crippen molar-refractivity contribution in [3.63, 3.8) is 0 Å². The zero-order valence-corrected chi connectivity index (χ0v) is 12.2. The molecule has 1 aliphatic heterocycles. The van der Waals surface area contributed by atoms with Crippen LogP contribution in [0, 0.1) is 0 Å². The van der Waals surface area contributed by atoms with Crippen molar-refractivity contribution in [1.82, 2.24) is 29.9 Å². The number of nitrogens with one attached hydrogen (secondary N) is 1. The van der Waals surface area contributed by atoms with Gasteiger partial charge in [-0.2, -0.15) is 10.2 Å². The maximum absolute atomic E-state index is 12.6. The number of rotatable bonds is 2. The first kappa shape index (κ1) is 13.2. The lowest BCUT2D eigenvalue weighted by atomic mass is 10.2. The molecule has 114 valence electrons. The van der Waals surface area contributed by atoms with Crippen LogP contribution in [-0.4, -0.2) is 42.3 Å². The summed E-state index contributed by atoms with van der Waals surface area (Å²) in [5, 5.41) is 10.7. The van der Waals surface area contributed by atoms with Gasteiger partial charge in [-0.1, -0.05) is 0 Å². The minimum absolute atomic E-state index is 0.157. The summed E-state index contributed by atoms with van der Waals surface area (Å²) in [6.07, 6.45) is 2.31. The Labute approximate surface area is 126 Å². The number of carbonyl (C=O) groups excluding carboxylic acids is 1. The monoisotopic (exact) mass is 300 g/mol. The summed E-state index contributed by atoms with van der Waals surface area (Å²) >= 11 is 0. The van der Waals surface area contributed by atoms with Gasteiger partial charge < -0.3 is 4.90 Å². The molecular formula is C14H16N6O2. The molecule has 8 nitrogen and oxygen atoms in total. The van der Waals surface area contributed by atoms with E-state index in [1.54, 1.807) is 4.90 Å². The molecule has 1 fully saturated rings. The maximum atomic E-state index is 12.6. The number of H-pyrrole nitrogens is 1. The van der Waals surface area contributed by atoms with Crippen LogP contribution in [0.5, 0.6) is 0 Å². The molecule has 0 unspecified atom stereocenters. The fraction of sp³-hybridized carbons (Fsp3) is 0.500. The number of amides is 1. The lowest BCUT2D eigenvalue weighted by molar-refractivity contribution is 0.0623. The van der Waals surface area contributed by atoms with E-state index in [2.05, 4.69) is 20.3 Å². The molecule has 2 aromatic rings. The van der Waals surface area contributed by atoms with Crippen LogP contribution >= 0.6 is 0 Å². The molecule has 2 aromatic heterocycles. The van der Waals surface area contributed by atoms with E-state index in [9.17, 15) is 9.59 Å².